The Kier molecular flexibility index (Phi) is 2.18. The molecule has 0 aromatic carbocycles. The molecular formula is C5H4O5S2. The van der Waals surface area contributed by atoms with Gasteiger partial charge in [0, 0.05) is 0 Å². The first-order chi connectivity index (χ1) is 5.43. The third kappa shape index (κ3) is 1.63. The number of aromatic carboxylic acids is 1. The number of rotatable bonds is 2. The second-order valence-corrected chi connectivity index (χ2v) is 4.20. The van der Waals surface area contributed by atoms with E-state index < -0.39 is 21.0 Å². The van der Waals surface area contributed by atoms with E-state index in [4.69, 9.17) is 9.66 Å². The van der Waals surface area contributed by atoms with Crippen LogP contribution in [-0.2, 0) is 10.1 Å². The molecule has 0 amide bonds. The van der Waals surface area contributed by atoms with Crippen LogP contribution in [0.4, 0.5) is 0 Å². The Morgan fingerprint density at radius 1 is 1.50 bits per heavy atom. The predicted molar refractivity (Wildman–Crippen MR) is 41.1 cm³/mol. The molecular weight excluding hydrogens is 204 g/mol. The van der Waals surface area contributed by atoms with E-state index in [1.807, 2.05) is 0 Å². The first-order valence-electron chi connectivity index (χ1n) is 2.71. The van der Waals surface area contributed by atoms with Crippen LogP contribution in [0, 0.1) is 0 Å². The smallest absolute Gasteiger partial charge is 0.347 e. The molecule has 0 aliphatic heterocycles. The number of carboxylic acid groups (broad SMARTS) is 1. The fraction of sp³-hybridized carbons (Fsp3) is 0. The Bertz CT molecular complexity index is 401. The summed E-state index contributed by atoms with van der Waals surface area (Å²) in [4.78, 5) is 9.43. The van der Waals surface area contributed by atoms with E-state index in [-0.39, 0.29) is 4.88 Å². The van der Waals surface area contributed by atoms with Crippen molar-refractivity contribution in [3.05, 3.63) is 16.3 Å². The van der Waals surface area contributed by atoms with Gasteiger partial charge in [0.15, 0.2) is 0 Å². The van der Waals surface area contributed by atoms with Crippen LogP contribution in [0.25, 0.3) is 0 Å². The van der Waals surface area contributed by atoms with Crippen molar-refractivity contribution < 1.29 is 22.9 Å². The molecule has 0 atom stereocenters. The molecule has 12 heavy (non-hydrogen) atoms. The molecule has 7 heteroatoms. The van der Waals surface area contributed by atoms with E-state index in [0.717, 1.165) is 17.4 Å². The van der Waals surface area contributed by atoms with Gasteiger partial charge in [-0.3, -0.25) is 4.55 Å². The minimum absolute atomic E-state index is 0.377. The van der Waals surface area contributed by atoms with Crippen molar-refractivity contribution in [3.63, 3.8) is 0 Å². The summed E-state index contributed by atoms with van der Waals surface area (Å²) in [5.41, 5.74) is 0. The summed E-state index contributed by atoms with van der Waals surface area (Å²) in [5.74, 6) is -1.36. The third-order valence-electron chi connectivity index (χ3n) is 1.10. The monoisotopic (exact) mass is 208 g/mol. The number of carboxylic acids is 1. The van der Waals surface area contributed by atoms with Crippen molar-refractivity contribution in [2.45, 2.75) is 4.90 Å². The normalized spacial score (nSPS) is 11.4. The van der Waals surface area contributed by atoms with Crippen molar-refractivity contribution in [3.8, 4) is 0 Å². The number of carbonyl (C=O) groups is 1. The first-order valence-corrected chi connectivity index (χ1v) is 5.03. The Labute approximate surface area is 72.0 Å². The average molecular weight is 208 g/mol. The Morgan fingerprint density at radius 2 is 2.08 bits per heavy atom. The minimum Gasteiger partial charge on any atom is -0.477 e. The molecule has 66 valence electrons. The van der Waals surface area contributed by atoms with Crippen LogP contribution in [-0.4, -0.2) is 24.0 Å². The molecule has 0 aliphatic rings. The van der Waals surface area contributed by atoms with Gasteiger partial charge in [-0.1, -0.05) is 0 Å². The van der Waals surface area contributed by atoms with E-state index in [9.17, 15) is 13.2 Å². The Hall–Kier alpha value is -0.920. The van der Waals surface area contributed by atoms with Gasteiger partial charge < -0.3 is 5.11 Å². The molecule has 0 bridgehead atoms. The van der Waals surface area contributed by atoms with Crippen LogP contribution in [0.5, 0.6) is 0 Å². The van der Waals surface area contributed by atoms with Gasteiger partial charge in [-0.2, -0.15) is 8.42 Å². The highest BCUT2D eigenvalue weighted by molar-refractivity contribution is 7.86. The number of thiophene rings is 1. The van der Waals surface area contributed by atoms with Crippen LogP contribution in [0.3, 0.4) is 0 Å². The fourth-order valence-electron chi connectivity index (χ4n) is 0.657. The quantitative estimate of drug-likeness (QED) is 0.698. The lowest BCUT2D eigenvalue weighted by molar-refractivity contribution is 0.0698. The maximum atomic E-state index is 10.5. The summed E-state index contributed by atoms with van der Waals surface area (Å²) >= 11 is 0.746. The van der Waals surface area contributed by atoms with E-state index in [0.29, 0.717) is 0 Å². The van der Waals surface area contributed by atoms with Crippen molar-refractivity contribution in [2.24, 2.45) is 0 Å². The van der Waals surface area contributed by atoms with Crippen LogP contribution in [0.2, 0.25) is 0 Å². The van der Waals surface area contributed by atoms with Gasteiger partial charge in [-0.05, 0) is 11.4 Å². The van der Waals surface area contributed by atoms with Gasteiger partial charge >= 0.3 is 5.97 Å². The molecule has 0 spiro atoms. The summed E-state index contributed by atoms with van der Waals surface area (Å²) in [6, 6.07) is 1.05. The molecule has 1 aromatic heterocycles. The van der Waals surface area contributed by atoms with Crippen LogP contribution in [0.15, 0.2) is 16.3 Å². The Balaban J connectivity index is 3.36. The van der Waals surface area contributed by atoms with Gasteiger partial charge in [0.1, 0.15) is 9.77 Å². The van der Waals surface area contributed by atoms with E-state index in [2.05, 4.69) is 0 Å². The van der Waals surface area contributed by atoms with Crippen LogP contribution in [0.1, 0.15) is 9.67 Å². The van der Waals surface area contributed by atoms with E-state index in [1.165, 1.54) is 5.38 Å². The average Bonchev–Trinajstić information content (AvgIpc) is 2.30. The standard InChI is InChI=1S/C5H4O5S2/c6-5(7)4-3(1-2-11-4)12(8,9)10/h1-2H,(H,6,7)(H,8,9,10). The van der Waals surface area contributed by atoms with Crippen molar-refractivity contribution in [1.82, 2.24) is 0 Å². The predicted octanol–water partition coefficient (Wildman–Crippen LogP) is 0.693. The zero-order chi connectivity index (χ0) is 9.35. The summed E-state index contributed by atoms with van der Waals surface area (Å²) in [6.45, 7) is 0. The lowest BCUT2D eigenvalue weighted by Crippen LogP contribution is -2.03. The minimum atomic E-state index is -4.41. The largest absolute Gasteiger partial charge is 0.477 e. The topological polar surface area (TPSA) is 91.7 Å². The maximum absolute atomic E-state index is 10.5. The lowest BCUT2D eigenvalue weighted by Gasteiger charge is -1.93. The first kappa shape index (κ1) is 9.17. The van der Waals surface area contributed by atoms with Crippen molar-refractivity contribution >= 4 is 27.4 Å². The second kappa shape index (κ2) is 2.85. The fourth-order valence-corrected chi connectivity index (χ4v) is 2.39. The van der Waals surface area contributed by atoms with E-state index in [1.54, 1.807) is 0 Å². The van der Waals surface area contributed by atoms with Gasteiger partial charge in [-0.15, -0.1) is 11.3 Å². The Morgan fingerprint density at radius 3 is 2.42 bits per heavy atom. The summed E-state index contributed by atoms with van der Waals surface area (Å²) in [7, 11) is -4.41. The van der Waals surface area contributed by atoms with Gasteiger partial charge in [0.05, 0.1) is 0 Å². The molecule has 0 unspecified atom stereocenters. The summed E-state index contributed by atoms with van der Waals surface area (Å²) in [5, 5.41) is 9.74. The zero-order valence-corrected chi connectivity index (χ0v) is 7.22. The molecule has 0 radical (unpaired) electrons. The third-order valence-corrected chi connectivity index (χ3v) is 3.03. The summed E-state index contributed by atoms with van der Waals surface area (Å²) in [6.07, 6.45) is 0. The number of hydrogen-bond acceptors (Lipinski definition) is 4. The molecule has 0 aliphatic carbocycles. The highest BCUT2D eigenvalue weighted by atomic mass is 32.2. The maximum Gasteiger partial charge on any atom is 0.347 e. The van der Waals surface area contributed by atoms with E-state index >= 15 is 0 Å². The SMILES string of the molecule is O=C(O)c1sccc1S(=O)(=O)O. The second-order valence-electron chi connectivity index (χ2n) is 1.89. The van der Waals surface area contributed by atoms with Crippen molar-refractivity contribution in [2.75, 3.05) is 0 Å². The molecule has 0 saturated heterocycles. The highest BCUT2D eigenvalue weighted by Crippen LogP contribution is 2.21. The van der Waals surface area contributed by atoms with Crippen molar-refractivity contribution in [1.29, 1.82) is 0 Å². The molecule has 0 saturated carbocycles. The summed E-state index contributed by atoms with van der Waals surface area (Å²) < 4.78 is 29.6. The van der Waals surface area contributed by atoms with Gasteiger partial charge in [-0.25, -0.2) is 4.79 Å². The van der Waals surface area contributed by atoms with Crippen LogP contribution >= 0.6 is 11.3 Å². The number of hydrogen-bond donors (Lipinski definition) is 2. The molecule has 1 aromatic rings. The van der Waals surface area contributed by atoms with Gasteiger partial charge in [0.2, 0.25) is 0 Å². The molecule has 1 rings (SSSR count). The highest BCUT2D eigenvalue weighted by Gasteiger charge is 2.20. The van der Waals surface area contributed by atoms with Crippen LogP contribution < -0.4 is 0 Å². The zero-order valence-electron chi connectivity index (χ0n) is 5.59. The molecule has 0 fully saturated rings. The molecule has 2 N–H and O–H groups in total. The van der Waals surface area contributed by atoms with Gasteiger partial charge in [0.25, 0.3) is 10.1 Å². The molecule has 5 nitrogen and oxygen atoms in total. The molecule has 1 heterocycles. The lowest BCUT2D eigenvalue weighted by atomic mass is 10.5.